The molecule has 0 aliphatic carbocycles. The minimum absolute atomic E-state index is 0.0406. The second-order valence-corrected chi connectivity index (χ2v) is 6.57. The summed E-state index contributed by atoms with van der Waals surface area (Å²) >= 11 is 0. The van der Waals surface area contributed by atoms with Crippen LogP contribution in [0.3, 0.4) is 0 Å². The maximum atomic E-state index is 13.9. The molecule has 1 N–H and O–H groups in total. The Hall–Kier alpha value is -2.90. The quantitative estimate of drug-likeness (QED) is 0.892. The predicted octanol–water partition coefficient (Wildman–Crippen LogP) is 2.96. The normalized spacial score (nSPS) is 17.0. The number of anilines is 1. The third-order valence-electron chi connectivity index (χ3n) is 4.47. The average Bonchev–Trinajstić information content (AvgIpc) is 2.65. The first kappa shape index (κ1) is 18.9. The number of aromatic nitrogens is 2. The van der Waals surface area contributed by atoms with Gasteiger partial charge in [-0.05, 0) is 38.5 Å². The van der Waals surface area contributed by atoms with Crippen LogP contribution in [0.2, 0.25) is 0 Å². The number of nitrogens with one attached hydrogen (secondary N) is 1. The number of aryl methyl sites for hydroxylation is 1. The van der Waals surface area contributed by atoms with E-state index in [1.54, 1.807) is 18.2 Å². The number of amides is 2. The highest BCUT2D eigenvalue weighted by molar-refractivity contribution is 5.74. The third kappa shape index (κ3) is 4.45. The Labute approximate surface area is 158 Å². The molecule has 0 bridgehead atoms. The summed E-state index contributed by atoms with van der Waals surface area (Å²) in [6.45, 7) is 8.27. The van der Waals surface area contributed by atoms with Gasteiger partial charge in [-0.1, -0.05) is 6.07 Å². The lowest BCUT2D eigenvalue weighted by Crippen LogP contribution is -2.56. The molecule has 3 rings (SSSR count). The number of carbonyl (C=O) groups is 1. The van der Waals surface area contributed by atoms with Gasteiger partial charge in [0.25, 0.3) is 0 Å². The molecular formula is C19H24FN5O2. The van der Waals surface area contributed by atoms with Gasteiger partial charge in [-0.2, -0.15) is 0 Å². The van der Waals surface area contributed by atoms with Crippen molar-refractivity contribution < 1.29 is 13.9 Å². The zero-order chi connectivity index (χ0) is 19.4. The van der Waals surface area contributed by atoms with E-state index in [9.17, 15) is 9.18 Å². The number of benzene rings is 1. The fraction of sp³-hybridized carbons (Fsp3) is 0.421. The van der Waals surface area contributed by atoms with E-state index in [2.05, 4.69) is 20.2 Å². The van der Waals surface area contributed by atoms with E-state index in [1.807, 2.05) is 25.7 Å². The number of ether oxygens (including phenoxy) is 1. The van der Waals surface area contributed by atoms with Crippen LogP contribution in [-0.2, 0) is 0 Å². The lowest BCUT2D eigenvalue weighted by molar-refractivity contribution is 0.172. The van der Waals surface area contributed by atoms with Crippen LogP contribution in [0.5, 0.6) is 11.6 Å². The van der Waals surface area contributed by atoms with E-state index < -0.39 is 5.82 Å². The van der Waals surface area contributed by atoms with Gasteiger partial charge in [0.2, 0.25) is 5.88 Å². The zero-order valence-corrected chi connectivity index (χ0v) is 15.8. The van der Waals surface area contributed by atoms with Gasteiger partial charge >= 0.3 is 6.03 Å². The summed E-state index contributed by atoms with van der Waals surface area (Å²) in [7, 11) is 0. The van der Waals surface area contributed by atoms with Gasteiger partial charge in [-0.15, -0.1) is 0 Å². The number of carbonyl (C=O) groups excluding carboxylic acids is 1. The third-order valence-corrected chi connectivity index (χ3v) is 4.47. The average molecular weight is 373 g/mol. The van der Waals surface area contributed by atoms with E-state index in [-0.39, 0.29) is 23.7 Å². The Balaban J connectivity index is 1.71. The summed E-state index contributed by atoms with van der Waals surface area (Å²) in [6.07, 6.45) is 1.40. The molecule has 1 aromatic heterocycles. The van der Waals surface area contributed by atoms with Gasteiger partial charge < -0.3 is 19.9 Å². The molecule has 1 saturated heterocycles. The molecule has 1 atom stereocenters. The van der Waals surface area contributed by atoms with Crippen molar-refractivity contribution in [3.05, 3.63) is 42.0 Å². The van der Waals surface area contributed by atoms with Gasteiger partial charge in [0.15, 0.2) is 11.6 Å². The van der Waals surface area contributed by atoms with E-state index in [0.717, 1.165) is 5.56 Å². The van der Waals surface area contributed by atoms with Crippen LogP contribution in [0, 0.1) is 12.7 Å². The van der Waals surface area contributed by atoms with Crippen LogP contribution in [0.15, 0.2) is 30.6 Å². The van der Waals surface area contributed by atoms with Crippen molar-refractivity contribution >= 4 is 11.8 Å². The fourth-order valence-corrected chi connectivity index (χ4v) is 3.08. The number of hydrogen-bond acceptors (Lipinski definition) is 5. The molecule has 1 aromatic carbocycles. The Morgan fingerprint density at radius 1 is 1.33 bits per heavy atom. The van der Waals surface area contributed by atoms with Crippen molar-refractivity contribution in [2.24, 2.45) is 0 Å². The molecule has 2 amide bonds. The summed E-state index contributed by atoms with van der Waals surface area (Å²) < 4.78 is 19.5. The molecule has 2 aromatic rings. The van der Waals surface area contributed by atoms with Crippen molar-refractivity contribution in [3.63, 3.8) is 0 Å². The van der Waals surface area contributed by atoms with Gasteiger partial charge in [0.1, 0.15) is 12.1 Å². The van der Waals surface area contributed by atoms with Crippen LogP contribution < -0.4 is 15.0 Å². The Morgan fingerprint density at radius 2 is 2.15 bits per heavy atom. The Morgan fingerprint density at radius 3 is 2.89 bits per heavy atom. The van der Waals surface area contributed by atoms with Crippen LogP contribution in [0.4, 0.5) is 15.0 Å². The summed E-state index contributed by atoms with van der Waals surface area (Å²) in [5, 5.41) is 2.83. The number of piperazine rings is 1. The molecule has 0 saturated carbocycles. The minimum Gasteiger partial charge on any atom is -0.436 e. The summed E-state index contributed by atoms with van der Waals surface area (Å²) in [4.78, 5) is 24.4. The lowest BCUT2D eigenvalue weighted by Gasteiger charge is -2.40. The van der Waals surface area contributed by atoms with Gasteiger partial charge in [0, 0.05) is 38.3 Å². The molecule has 7 nitrogen and oxygen atoms in total. The van der Waals surface area contributed by atoms with Crippen LogP contribution in [0.1, 0.15) is 19.4 Å². The predicted molar refractivity (Wildman–Crippen MR) is 101 cm³/mol. The highest BCUT2D eigenvalue weighted by Gasteiger charge is 2.28. The van der Waals surface area contributed by atoms with Gasteiger partial charge in [0.05, 0.1) is 0 Å². The molecule has 2 heterocycles. The smallest absolute Gasteiger partial charge is 0.317 e. The van der Waals surface area contributed by atoms with Gasteiger partial charge in [-0.25, -0.2) is 19.2 Å². The van der Waals surface area contributed by atoms with Gasteiger partial charge in [-0.3, -0.25) is 0 Å². The van der Waals surface area contributed by atoms with Crippen molar-refractivity contribution in [2.45, 2.75) is 26.8 Å². The topological polar surface area (TPSA) is 70.6 Å². The second kappa shape index (κ2) is 8.20. The number of nitrogens with zero attached hydrogens (tertiary/aromatic N) is 4. The fourth-order valence-electron chi connectivity index (χ4n) is 3.08. The number of urea groups is 1. The first-order valence-electron chi connectivity index (χ1n) is 9.03. The molecule has 1 aliphatic heterocycles. The largest absolute Gasteiger partial charge is 0.436 e. The monoisotopic (exact) mass is 373 g/mol. The zero-order valence-electron chi connectivity index (χ0n) is 15.8. The number of rotatable bonds is 4. The summed E-state index contributed by atoms with van der Waals surface area (Å²) in [6, 6.07) is 6.36. The number of halogens is 1. The van der Waals surface area contributed by atoms with E-state index in [0.29, 0.717) is 32.0 Å². The molecule has 0 spiro atoms. The van der Waals surface area contributed by atoms with Crippen molar-refractivity contribution in [1.29, 1.82) is 0 Å². The standard InChI is InChI=1S/C19H24FN5O2/c1-4-21-19(26)25-8-7-24(11-14(25)3)17-10-18(23-12-22-17)27-16-9-13(2)5-6-15(16)20/h5-6,9-10,12,14H,4,7-8,11H2,1-3H3,(H,21,26)/t14-/m0/s1. The highest BCUT2D eigenvalue weighted by Crippen LogP contribution is 2.26. The molecule has 0 radical (unpaired) electrons. The Bertz CT molecular complexity index is 816. The summed E-state index contributed by atoms with van der Waals surface area (Å²) in [5.41, 5.74) is 0.899. The van der Waals surface area contributed by atoms with Crippen molar-refractivity contribution in [2.75, 3.05) is 31.1 Å². The van der Waals surface area contributed by atoms with Crippen molar-refractivity contribution in [3.8, 4) is 11.6 Å². The van der Waals surface area contributed by atoms with E-state index >= 15 is 0 Å². The Kier molecular flexibility index (Phi) is 5.73. The molecular weight excluding hydrogens is 349 g/mol. The first-order chi connectivity index (χ1) is 13.0. The SMILES string of the molecule is CCNC(=O)N1CCN(c2cc(Oc3cc(C)ccc3F)ncn2)C[C@@H]1C. The highest BCUT2D eigenvalue weighted by atomic mass is 19.1. The maximum absolute atomic E-state index is 13.9. The molecule has 0 unspecified atom stereocenters. The van der Waals surface area contributed by atoms with Crippen LogP contribution >= 0.6 is 0 Å². The van der Waals surface area contributed by atoms with Crippen LogP contribution in [0.25, 0.3) is 0 Å². The minimum atomic E-state index is -0.440. The maximum Gasteiger partial charge on any atom is 0.317 e. The van der Waals surface area contributed by atoms with Crippen LogP contribution in [-0.4, -0.2) is 53.1 Å². The molecule has 1 aliphatic rings. The lowest BCUT2D eigenvalue weighted by atomic mass is 10.2. The van der Waals surface area contributed by atoms with E-state index in [1.165, 1.54) is 12.4 Å². The van der Waals surface area contributed by atoms with E-state index in [4.69, 9.17) is 4.74 Å². The molecule has 144 valence electrons. The molecule has 8 heteroatoms. The van der Waals surface area contributed by atoms with Crippen molar-refractivity contribution in [1.82, 2.24) is 20.2 Å². The summed E-state index contributed by atoms with van der Waals surface area (Å²) in [5.74, 6) is 0.665. The number of hydrogen-bond donors (Lipinski definition) is 1. The molecule has 1 fully saturated rings. The second-order valence-electron chi connectivity index (χ2n) is 6.57. The molecule has 27 heavy (non-hydrogen) atoms. The first-order valence-corrected chi connectivity index (χ1v) is 9.03.